The van der Waals surface area contributed by atoms with E-state index in [9.17, 15) is 33.2 Å². The molecule has 0 unspecified atom stereocenters. The first-order valence-electron chi connectivity index (χ1n) is 5.61. The number of nitrogens with zero attached hydrogens (tertiary/aromatic N) is 1. The fourth-order valence-electron chi connectivity index (χ4n) is 1.30. The number of nitro groups is 1. The number of alkyl halides is 3. The molecular weight excluding hydrogens is 297 g/mol. The first-order chi connectivity index (χ1) is 9.69. The van der Waals surface area contributed by atoms with Gasteiger partial charge in [-0.05, 0) is 6.07 Å². The van der Waals surface area contributed by atoms with Crippen LogP contribution in [0.5, 0.6) is 5.75 Å². The summed E-state index contributed by atoms with van der Waals surface area (Å²) in [4.78, 5) is 21.1. The highest BCUT2D eigenvalue weighted by molar-refractivity contribution is 5.92. The second kappa shape index (κ2) is 6.88. The van der Waals surface area contributed by atoms with Crippen molar-refractivity contribution in [3.05, 3.63) is 28.3 Å². The molecule has 1 aromatic carbocycles. The standard InChI is InChI=1S/C11H11F3N2O5/c12-11(13,14)6-21-4-3-10(18)15-8-2-1-7(16(19)20)5-9(8)17/h1-2,5,17H,3-4,6H2,(H,15,18). The van der Waals surface area contributed by atoms with E-state index in [1.807, 2.05) is 0 Å². The van der Waals surface area contributed by atoms with Gasteiger partial charge in [-0.25, -0.2) is 0 Å². The third-order valence-electron chi connectivity index (χ3n) is 2.21. The van der Waals surface area contributed by atoms with Gasteiger partial charge in [0, 0.05) is 6.07 Å². The highest BCUT2D eigenvalue weighted by Crippen LogP contribution is 2.27. The molecule has 10 heteroatoms. The molecule has 1 amide bonds. The number of carbonyl (C=O) groups is 1. The monoisotopic (exact) mass is 308 g/mol. The number of benzene rings is 1. The number of anilines is 1. The van der Waals surface area contributed by atoms with Crippen LogP contribution in [0, 0.1) is 10.1 Å². The third kappa shape index (κ3) is 6.08. The minimum atomic E-state index is -4.47. The summed E-state index contributed by atoms with van der Waals surface area (Å²) in [6, 6.07) is 3.02. The molecule has 0 aliphatic carbocycles. The van der Waals surface area contributed by atoms with Gasteiger partial charge in [0.2, 0.25) is 5.91 Å². The number of hydrogen-bond donors (Lipinski definition) is 2. The predicted molar refractivity (Wildman–Crippen MR) is 64.9 cm³/mol. The van der Waals surface area contributed by atoms with Gasteiger partial charge in [-0.1, -0.05) is 0 Å². The minimum absolute atomic E-state index is 0.0820. The van der Waals surface area contributed by atoms with Crippen LogP contribution < -0.4 is 5.32 Å². The summed E-state index contributed by atoms with van der Waals surface area (Å²) in [7, 11) is 0. The molecule has 0 aromatic heterocycles. The SMILES string of the molecule is O=C(CCOCC(F)(F)F)Nc1ccc([N+](=O)[O-])cc1O. The molecule has 21 heavy (non-hydrogen) atoms. The number of nitrogens with one attached hydrogen (secondary N) is 1. The molecule has 0 atom stereocenters. The Labute approximate surface area is 116 Å². The van der Waals surface area contributed by atoms with Crippen molar-refractivity contribution < 1.29 is 32.7 Å². The van der Waals surface area contributed by atoms with Crippen molar-refractivity contribution in [2.24, 2.45) is 0 Å². The second-order valence-corrected chi connectivity index (χ2v) is 3.92. The molecule has 0 aliphatic heterocycles. The average molecular weight is 308 g/mol. The average Bonchev–Trinajstić information content (AvgIpc) is 2.36. The smallest absolute Gasteiger partial charge is 0.411 e. The van der Waals surface area contributed by atoms with E-state index in [-0.39, 0.29) is 17.8 Å². The maximum Gasteiger partial charge on any atom is 0.411 e. The molecule has 0 fully saturated rings. The molecule has 1 rings (SSSR count). The molecule has 0 saturated carbocycles. The quantitative estimate of drug-likeness (QED) is 0.363. The van der Waals surface area contributed by atoms with Crippen LogP contribution in [0.1, 0.15) is 6.42 Å². The number of ether oxygens (including phenoxy) is 1. The zero-order chi connectivity index (χ0) is 16.0. The molecule has 2 N–H and O–H groups in total. The fraction of sp³-hybridized carbons (Fsp3) is 0.364. The van der Waals surface area contributed by atoms with Crippen LogP contribution in [-0.2, 0) is 9.53 Å². The Kier molecular flexibility index (Phi) is 5.47. The maximum absolute atomic E-state index is 11.8. The lowest BCUT2D eigenvalue weighted by Gasteiger charge is -2.09. The van der Waals surface area contributed by atoms with Crippen LogP contribution in [0.25, 0.3) is 0 Å². The number of amides is 1. The Morgan fingerprint density at radius 1 is 1.43 bits per heavy atom. The lowest BCUT2D eigenvalue weighted by Crippen LogP contribution is -2.20. The summed E-state index contributed by atoms with van der Waals surface area (Å²) in [6.07, 6.45) is -4.82. The van der Waals surface area contributed by atoms with Crippen molar-refractivity contribution in [3.8, 4) is 5.75 Å². The first-order valence-corrected chi connectivity index (χ1v) is 5.61. The van der Waals surface area contributed by atoms with Gasteiger partial charge in [0.25, 0.3) is 5.69 Å². The van der Waals surface area contributed by atoms with Gasteiger partial charge < -0.3 is 15.2 Å². The molecule has 0 aliphatic rings. The lowest BCUT2D eigenvalue weighted by atomic mass is 10.2. The van der Waals surface area contributed by atoms with E-state index in [0.717, 1.165) is 18.2 Å². The number of rotatable bonds is 6. The van der Waals surface area contributed by atoms with E-state index in [0.29, 0.717) is 0 Å². The van der Waals surface area contributed by atoms with Crippen molar-refractivity contribution in [1.82, 2.24) is 0 Å². The van der Waals surface area contributed by atoms with E-state index in [1.165, 1.54) is 0 Å². The zero-order valence-corrected chi connectivity index (χ0v) is 10.5. The van der Waals surface area contributed by atoms with Gasteiger partial charge in [-0.2, -0.15) is 13.2 Å². The number of phenolic OH excluding ortho intramolecular Hbond substituents is 1. The zero-order valence-electron chi connectivity index (χ0n) is 10.5. The molecule has 0 spiro atoms. The van der Waals surface area contributed by atoms with Crippen molar-refractivity contribution in [1.29, 1.82) is 0 Å². The number of non-ortho nitro benzene ring substituents is 1. The Balaban J connectivity index is 2.46. The number of carbonyl (C=O) groups excluding carboxylic acids is 1. The number of halogens is 3. The highest BCUT2D eigenvalue weighted by Gasteiger charge is 2.27. The molecule has 7 nitrogen and oxygen atoms in total. The van der Waals surface area contributed by atoms with Crippen LogP contribution in [0.4, 0.5) is 24.5 Å². The molecule has 0 saturated heterocycles. The third-order valence-corrected chi connectivity index (χ3v) is 2.21. The van der Waals surface area contributed by atoms with Crippen LogP contribution in [0.3, 0.4) is 0 Å². The van der Waals surface area contributed by atoms with Crippen LogP contribution in [0.2, 0.25) is 0 Å². The Hall–Kier alpha value is -2.36. The molecule has 0 radical (unpaired) electrons. The minimum Gasteiger partial charge on any atom is -0.506 e. The van der Waals surface area contributed by atoms with E-state index in [2.05, 4.69) is 10.1 Å². The molecule has 1 aromatic rings. The van der Waals surface area contributed by atoms with Crippen molar-refractivity contribution in [2.45, 2.75) is 12.6 Å². The molecule has 0 bridgehead atoms. The maximum atomic E-state index is 11.8. The first kappa shape index (κ1) is 16.7. The summed E-state index contributed by atoms with van der Waals surface area (Å²) in [5.74, 6) is -1.21. The van der Waals surface area contributed by atoms with E-state index >= 15 is 0 Å². The Bertz CT molecular complexity index is 533. The van der Waals surface area contributed by atoms with Gasteiger partial charge >= 0.3 is 6.18 Å². The topological polar surface area (TPSA) is 102 Å². The van der Waals surface area contributed by atoms with Gasteiger partial charge in [0.05, 0.1) is 29.7 Å². The van der Waals surface area contributed by atoms with Crippen LogP contribution in [0.15, 0.2) is 18.2 Å². The van der Waals surface area contributed by atoms with Gasteiger partial charge in [-0.3, -0.25) is 14.9 Å². The summed E-state index contributed by atoms with van der Waals surface area (Å²) >= 11 is 0. The van der Waals surface area contributed by atoms with Crippen LogP contribution in [-0.4, -0.2) is 35.3 Å². The van der Waals surface area contributed by atoms with Crippen molar-refractivity contribution in [3.63, 3.8) is 0 Å². The number of aromatic hydroxyl groups is 1. The fourth-order valence-corrected chi connectivity index (χ4v) is 1.30. The molecule has 0 heterocycles. The predicted octanol–water partition coefficient (Wildman–Crippen LogP) is 2.21. The number of hydrogen-bond acceptors (Lipinski definition) is 5. The molecule has 116 valence electrons. The number of nitro benzene ring substituents is 1. The summed E-state index contributed by atoms with van der Waals surface area (Å²) in [6.45, 7) is -1.90. The summed E-state index contributed by atoms with van der Waals surface area (Å²) in [5.41, 5.74) is -0.444. The van der Waals surface area contributed by atoms with Crippen molar-refractivity contribution >= 4 is 17.3 Å². The summed E-state index contributed by atoms with van der Waals surface area (Å²) < 4.78 is 39.6. The van der Waals surface area contributed by atoms with E-state index < -0.39 is 36.0 Å². The Morgan fingerprint density at radius 3 is 2.62 bits per heavy atom. The number of phenols is 1. The lowest BCUT2D eigenvalue weighted by molar-refractivity contribution is -0.384. The van der Waals surface area contributed by atoms with Crippen molar-refractivity contribution in [2.75, 3.05) is 18.5 Å². The second-order valence-electron chi connectivity index (χ2n) is 3.92. The van der Waals surface area contributed by atoms with Gasteiger partial charge in [0.1, 0.15) is 12.4 Å². The normalized spacial score (nSPS) is 11.2. The Morgan fingerprint density at radius 2 is 2.10 bits per heavy atom. The highest BCUT2D eigenvalue weighted by atomic mass is 19.4. The van der Waals surface area contributed by atoms with E-state index in [1.54, 1.807) is 0 Å². The summed E-state index contributed by atoms with van der Waals surface area (Å²) in [5, 5.41) is 22.1. The van der Waals surface area contributed by atoms with Gasteiger partial charge in [0.15, 0.2) is 0 Å². The largest absolute Gasteiger partial charge is 0.506 e. The van der Waals surface area contributed by atoms with Gasteiger partial charge in [-0.15, -0.1) is 0 Å². The molecular formula is C11H11F3N2O5. The van der Waals surface area contributed by atoms with E-state index in [4.69, 9.17) is 0 Å². The van der Waals surface area contributed by atoms with Crippen LogP contribution >= 0.6 is 0 Å².